The Morgan fingerprint density at radius 3 is 2.38 bits per heavy atom. The summed E-state index contributed by atoms with van der Waals surface area (Å²) in [5, 5.41) is 10.3. The number of aryl methyl sites for hydroxylation is 1. The molecule has 1 N–H and O–H groups in total. The van der Waals surface area contributed by atoms with Crippen LogP contribution in [0.1, 0.15) is 48.1 Å². The molecule has 21 heavy (non-hydrogen) atoms. The Balaban J connectivity index is 1.91. The summed E-state index contributed by atoms with van der Waals surface area (Å²) >= 11 is 1.79. The Labute approximate surface area is 131 Å². The molecule has 1 aromatic carbocycles. The molecule has 3 heteroatoms. The molecule has 114 valence electrons. The summed E-state index contributed by atoms with van der Waals surface area (Å²) < 4.78 is 5.64. The Morgan fingerprint density at radius 1 is 1.05 bits per heavy atom. The average Bonchev–Trinajstić information content (AvgIpc) is 2.96. The first kappa shape index (κ1) is 16.1. The monoisotopic (exact) mass is 304 g/mol. The van der Waals surface area contributed by atoms with Crippen molar-refractivity contribution in [2.45, 2.75) is 45.6 Å². The Hall–Kier alpha value is -1.32. The van der Waals surface area contributed by atoms with Gasteiger partial charge in [-0.1, -0.05) is 32.4 Å². The molecule has 1 atom stereocenters. The topological polar surface area (TPSA) is 29.5 Å². The number of unbranched alkanes of at least 4 members (excludes halogenated alkanes) is 1. The van der Waals surface area contributed by atoms with Gasteiger partial charge in [-0.25, -0.2) is 0 Å². The van der Waals surface area contributed by atoms with Gasteiger partial charge in [0.2, 0.25) is 0 Å². The summed E-state index contributed by atoms with van der Waals surface area (Å²) in [5.41, 5.74) is 0.948. The third kappa shape index (κ3) is 4.87. The molecule has 1 aromatic heterocycles. The highest BCUT2D eigenvalue weighted by Crippen LogP contribution is 2.25. The van der Waals surface area contributed by atoms with E-state index in [1.807, 2.05) is 24.3 Å². The van der Waals surface area contributed by atoms with Gasteiger partial charge in [0, 0.05) is 16.2 Å². The quantitative estimate of drug-likeness (QED) is 0.712. The Kier molecular flexibility index (Phi) is 6.27. The van der Waals surface area contributed by atoms with Crippen molar-refractivity contribution in [2.24, 2.45) is 0 Å². The van der Waals surface area contributed by atoms with Crippen molar-refractivity contribution in [3.05, 3.63) is 51.7 Å². The third-order valence-electron chi connectivity index (χ3n) is 3.49. The number of benzene rings is 1. The summed E-state index contributed by atoms with van der Waals surface area (Å²) in [5.74, 6) is 0.879. The molecule has 0 spiro atoms. The second-order valence-electron chi connectivity index (χ2n) is 5.21. The molecule has 2 nitrogen and oxygen atoms in total. The molecule has 0 saturated carbocycles. The SMILES string of the molecule is CCCCOc1ccc(C(O)Cc2ccc(CC)s2)cc1. The number of thiophene rings is 1. The van der Waals surface area contributed by atoms with Gasteiger partial charge in [0.1, 0.15) is 5.75 Å². The molecule has 0 fully saturated rings. The first-order chi connectivity index (χ1) is 10.2. The van der Waals surface area contributed by atoms with Crippen LogP contribution < -0.4 is 4.74 Å². The second-order valence-corrected chi connectivity index (χ2v) is 6.47. The Bertz CT molecular complexity index is 530. The van der Waals surface area contributed by atoms with Crippen molar-refractivity contribution in [2.75, 3.05) is 6.61 Å². The van der Waals surface area contributed by atoms with Crippen molar-refractivity contribution < 1.29 is 9.84 Å². The van der Waals surface area contributed by atoms with Gasteiger partial charge in [0.25, 0.3) is 0 Å². The van der Waals surface area contributed by atoms with Crippen LogP contribution in [0, 0.1) is 0 Å². The highest BCUT2D eigenvalue weighted by atomic mass is 32.1. The van der Waals surface area contributed by atoms with Crippen molar-refractivity contribution in [3.63, 3.8) is 0 Å². The van der Waals surface area contributed by atoms with E-state index in [2.05, 4.69) is 26.0 Å². The summed E-state index contributed by atoms with van der Waals surface area (Å²) in [4.78, 5) is 2.61. The molecule has 0 radical (unpaired) electrons. The van der Waals surface area contributed by atoms with Gasteiger partial charge >= 0.3 is 0 Å². The van der Waals surface area contributed by atoms with Gasteiger partial charge in [-0.3, -0.25) is 0 Å². The lowest BCUT2D eigenvalue weighted by atomic mass is 10.1. The van der Waals surface area contributed by atoms with E-state index in [4.69, 9.17) is 4.74 Å². The highest BCUT2D eigenvalue weighted by molar-refractivity contribution is 7.11. The smallest absolute Gasteiger partial charge is 0.119 e. The molecule has 0 aliphatic rings. The summed E-state index contributed by atoms with van der Waals surface area (Å²) in [7, 11) is 0. The molecule has 0 aliphatic heterocycles. The number of hydrogen-bond donors (Lipinski definition) is 1. The molecule has 0 bridgehead atoms. The molecule has 0 aliphatic carbocycles. The van der Waals surface area contributed by atoms with E-state index in [0.29, 0.717) is 6.42 Å². The number of aliphatic hydroxyl groups is 1. The van der Waals surface area contributed by atoms with E-state index in [-0.39, 0.29) is 0 Å². The molecule has 2 aromatic rings. The van der Waals surface area contributed by atoms with Crippen LogP contribution in [0.25, 0.3) is 0 Å². The lowest BCUT2D eigenvalue weighted by Crippen LogP contribution is -2.01. The number of aliphatic hydroxyl groups excluding tert-OH is 1. The van der Waals surface area contributed by atoms with Gasteiger partial charge in [-0.2, -0.15) is 0 Å². The van der Waals surface area contributed by atoms with Crippen LogP contribution in [0.3, 0.4) is 0 Å². The van der Waals surface area contributed by atoms with Crippen molar-refractivity contribution >= 4 is 11.3 Å². The van der Waals surface area contributed by atoms with Crippen molar-refractivity contribution in [1.29, 1.82) is 0 Å². The fourth-order valence-electron chi connectivity index (χ4n) is 2.15. The van der Waals surface area contributed by atoms with Crippen LogP contribution in [0.15, 0.2) is 36.4 Å². The maximum Gasteiger partial charge on any atom is 0.119 e. The summed E-state index contributed by atoms with van der Waals surface area (Å²) in [6.07, 6.45) is 3.50. The minimum Gasteiger partial charge on any atom is -0.494 e. The summed E-state index contributed by atoms with van der Waals surface area (Å²) in [6, 6.07) is 12.1. The van der Waals surface area contributed by atoms with E-state index in [1.165, 1.54) is 9.75 Å². The van der Waals surface area contributed by atoms with Crippen LogP contribution in [0.5, 0.6) is 5.75 Å². The normalized spacial score (nSPS) is 12.3. The van der Waals surface area contributed by atoms with Crippen LogP contribution in [0.4, 0.5) is 0 Å². The van der Waals surface area contributed by atoms with Gasteiger partial charge in [0.05, 0.1) is 12.7 Å². The fraction of sp³-hybridized carbons (Fsp3) is 0.444. The van der Waals surface area contributed by atoms with Crippen LogP contribution in [-0.2, 0) is 12.8 Å². The zero-order valence-electron chi connectivity index (χ0n) is 12.8. The van der Waals surface area contributed by atoms with Crippen molar-refractivity contribution in [3.8, 4) is 5.75 Å². The van der Waals surface area contributed by atoms with Gasteiger partial charge in [-0.05, 0) is 42.7 Å². The van der Waals surface area contributed by atoms with E-state index in [0.717, 1.165) is 37.2 Å². The van der Waals surface area contributed by atoms with Gasteiger partial charge < -0.3 is 9.84 Å². The van der Waals surface area contributed by atoms with Gasteiger partial charge in [-0.15, -0.1) is 11.3 Å². The maximum absolute atomic E-state index is 10.3. The second kappa shape index (κ2) is 8.20. The molecule has 0 amide bonds. The summed E-state index contributed by atoms with van der Waals surface area (Å²) in [6.45, 7) is 5.06. The lowest BCUT2D eigenvalue weighted by Gasteiger charge is -2.11. The molecule has 1 heterocycles. The molecule has 0 saturated heterocycles. The minimum atomic E-state index is -0.446. The number of ether oxygens (including phenoxy) is 1. The van der Waals surface area contributed by atoms with Crippen LogP contribution in [-0.4, -0.2) is 11.7 Å². The predicted molar refractivity (Wildman–Crippen MR) is 89.2 cm³/mol. The third-order valence-corrected chi connectivity index (χ3v) is 4.74. The minimum absolute atomic E-state index is 0.446. The van der Waals surface area contributed by atoms with Gasteiger partial charge in [0.15, 0.2) is 0 Å². The van der Waals surface area contributed by atoms with E-state index in [1.54, 1.807) is 11.3 Å². The Morgan fingerprint density at radius 2 is 1.76 bits per heavy atom. The zero-order valence-corrected chi connectivity index (χ0v) is 13.7. The predicted octanol–water partition coefficient (Wildman–Crippen LogP) is 4.77. The van der Waals surface area contributed by atoms with Crippen molar-refractivity contribution in [1.82, 2.24) is 0 Å². The standard InChI is InChI=1S/C18H24O2S/c1-3-5-12-20-15-8-6-14(7-9-15)18(19)13-17-11-10-16(4-2)21-17/h6-11,18-19H,3-5,12-13H2,1-2H3. The fourth-order valence-corrected chi connectivity index (χ4v) is 3.15. The first-order valence-corrected chi connectivity index (χ1v) is 8.53. The largest absolute Gasteiger partial charge is 0.494 e. The number of hydrogen-bond acceptors (Lipinski definition) is 3. The maximum atomic E-state index is 10.3. The number of rotatable bonds is 8. The molecule has 2 rings (SSSR count). The molecule has 1 unspecified atom stereocenters. The molecular formula is C18H24O2S. The van der Waals surface area contributed by atoms with E-state index in [9.17, 15) is 5.11 Å². The first-order valence-electron chi connectivity index (χ1n) is 7.71. The highest BCUT2D eigenvalue weighted by Gasteiger charge is 2.10. The van der Waals surface area contributed by atoms with E-state index < -0.39 is 6.10 Å². The van der Waals surface area contributed by atoms with Crippen LogP contribution in [0.2, 0.25) is 0 Å². The zero-order chi connectivity index (χ0) is 15.1. The average molecular weight is 304 g/mol. The van der Waals surface area contributed by atoms with Crippen LogP contribution >= 0.6 is 11.3 Å². The van der Waals surface area contributed by atoms with E-state index >= 15 is 0 Å². The lowest BCUT2D eigenvalue weighted by molar-refractivity contribution is 0.179. The molecular weight excluding hydrogens is 280 g/mol.